The number of benzene rings is 7. The molecule has 0 amide bonds. The van der Waals surface area contributed by atoms with E-state index in [0.29, 0.717) is 0 Å². The van der Waals surface area contributed by atoms with Crippen molar-refractivity contribution in [2.75, 3.05) is 9.80 Å². The van der Waals surface area contributed by atoms with Gasteiger partial charge in [0, 0.05) is 73.4 Å². The number of rotatable bonds is 5. The molecule has 1 spiro atoms. The summed E-state index contributed by atoms with van der Waals surface area (Å²) in [5.41, 5.74) is 15.3. The van der Waals surface area contributed by atoms with Gasteiger partial charge in [0.15, 0.2) is 0 Å². The second kappa shape index (κ2) is 17.2. The van der Waals surface area contributed by atoms with E-state index in [2.05, 4.69) is 214 Å². The van der Waals surface area contributed by atoms with E-state index in [0.717, 1.165) is 73.2 Å². The summed E-state index contributed by atoms with van der Waals surface area (Å²) in [6.45, 7) is 16.8. The maximum absolute atomic E-state index is 5.23. The zero-order valence-electron chi connectivity index (χ0n) is 37.4. The summed E-state index contributed by atoms with van der Waals surface area (Å²) in [6.07, 6.45) is 25.5. The second-order valence-corrected chi connectivity index (χ2v) is 16.3. The van der Waals surface area contributed by atoms with Crippen molar-refractivity contribution in [2.45, 2.75) is 25.8 Å². The van der Waals surface area contributed by atoms with Gasteiger partial charge in [-0.25, -0.2) is 0 Å². The Hall–Kier alpha value is -8.52. The number of aromatic nitrogens is 2. The Morgan fingerprint density at radius 1 is 0.652 bits per heavy atom. The average molecular weight is 851 g/mol. The standard InChI is InChI=1S/C50H36N4.C10H8.C2H6/c1-3-51-43-26-24-37(54-46-23-13-10-20-42(46)50(54)29-14-5-15-30-50)33-41(43)40-25-27-47-48(49(40)51)34(2)32-36(28-31-52(47)35-16-6-4-7-17-35)53-44-21-11-8-18-38(44)39-19-9-12-22-45(39)53;1-3-9-7-5-6-8-10(9)4-2;1-2/h3-29,31-33H,1-2,30H2;1,4-8H,2H2;1-2H3/b31-28-,36-32+;;. The van der Waals surface area contributed by atoms with Gasteiger partial charge in [-0.15, -0.1) is 6.42 Å². The molecule has 2 aliphatic heterocycles. The van der Waals surface area contributed by atoms with Gasteiger partial charge >= 0.3 is 0 Å². The molecule has 4 heterocycles. The van der Waals surface area contributed by atoms with Gasteiger partial charge in [0.1, 0.15) is 0 Å². The molecule has 318 valence electrons. The van der Waals surface area contributed by atoms with Gasteiger partial charge < -0.3 is 18.9 Å². The van der Waals surface area contributed by atoms with Gasteiger partial charge in [-0.2, -0.15) is 0 Å². The van der Waals surface area contributed by atoms with Crippen molar-refractivity contribution in [2.24, 2.45) is 0 Å². The van der Waals surface area contributed by atoms with E-state index in [1.54, 1.807) is 6.08 Å². The number of anilines is 4. The fraction of sp³-hybridized carbons (Fsp3) is 0.0645. The van der Waals surface area contributed by atoms with Crippen LogP contribution < -0.4 is 9.80 Å². The summed E-state index contributed by atoms with van der Waals surface area (Å²) < 4.78 is 4.62. The minimum Gasteiger partial charge on any atom is -0.327 e. The minimum absolute atomic E-state index is 0.185. The number of fused-ring (bicyclic) bond motifs is 10. The molecule has 0 N–H and O–H groups in total. The van der Waals surface area contributed by atoms with Crippen LogP contribution in [0.1, 0.15) is 42.5 Å². The first-order valence-corrected chi connectivity index (χ1v) is 22.6. The number of allylic oxidation sites excluding steroid dienone is 6. The molecule has 0 saturated carbocycles. The molecule has 1 unspecified atom stereocenters. The van der Waals surface area contributed by atoms with E-state index in [1.165, 1.54) is 33.1 Å². The first kappa shape index (κ1) is 41.5. The average Bonchev–Trinajstić information content (AvgIpc) is 3.88. The normalized spacial score (nSPS) is 17.0. The number of terminal acetylenes is 1. The van der Waals surface area contributed by atoms with Crippen LogP contribution in [0, 0.1) is 12.3 Å². The Bertz CT molecular complexity index is 3510. The summed E-state index contributed by atoms with van der Waals surface area (Å²) in [7, 11) is 0. The molecule has 2 aromatic heterocycles. The lowest BCUT2D eigenvalue weighted by Crippen LogP contribution is -2.51. The zero-order chi connectivity index (χ0) is 45.4. The van der Waals surface area contributed by atoms with Gasteiger partial charge in [-0.05, 0) is 90.4 Å². The van der Waals surface area contributed by atoms with Crippen LogP contribution in [0.15, 0.2) is 220 Å². The van der Waals surface area contributed by atoms with Gasteiger partial charge in [0.2, 0.25) is 0 Å². The number of para-hydroxylation sites is 4. The number of nitrogens with zero attached hydrogens (tertiary/aromatic N) is 4. The SMILES string of the molecule is C#Cc1ccccc1C=C.C=Cn1c2ccc(N3c4ccccc4C34C=CC=CC4)cc2c2ccc3c(c21)C(=C)/C=C(n1c2ccccc2c2ccccc21)\C=C/N3c1ccccc1.CC. The van der Waals surface area contributed by atoms with E-state index in [1.807, 2.05) is 44.3 Å². The third-order valence-electron chi connectivity index (χ3n) is 12.9. The third kappa shape index (κ3) is 6.56. The van der Waals surface area contributed by atoms with Crippen molar-refractivity contribution in [1.82, 2.24) is 9.13 Å². The van der Waals surface area contributed by atoms with Crippen LogP contribution in [0.5, 0.6) is 0 Å². The molecule has 3 aliphatic rings. The maximum Gasteiger partial charge on any atom is 0.0943 e. The number of hydrogen-bond acceptors (Lipinski definition) is 2. The molecular weight excluding hydrogens is 801 g/mol. The van der Waals surface area contributed by atoms with Crippen LogP contribution in [0.25, 0.3) is 67.2 Å². The lowest BCUT2D eigenvalue weighted by molar-refractivity contribution is 0.497. The fourth-order valence-electron chi connectivity index (χ4n) is 10.1. The second-order valence-electron chi connectivity index (χ2n) is 16.3. The van der Waals surface area contributed by atoms with Gasteiger partial charge in [-0.3, -0.25) is 0 Å². The van der Waals surface area contributed by atoms with Gasteiger partial charge in [-0.1, -0.05) is 167 Å². The Kier molecular flexibility index (Phi) is 10.8. The summed E-state index contributed by atoms with van der Waals surface area (Å²) in [5, 5.41) is 4.81. The summed E-state index contributed by atoms with van der Waals surface area (Å²) in [5.74, 6) is 2.58. The van der Waals surface area contributed by atoms with Crippen molar-refractivity contribution >= 4 is 89.9 Å². The van der Waals surface area contributed by atoms with Crippen LogP contribution in [-0.4, -0.2) is 9.13 Å². The first-order valence-electron chi connectivity index (χ1n) is 22.6. The van der Waals surface area contributed by atoms with Crippen LogP contribution in [-0.2, 0) is 5.54 Å². The zero-order valence-corrected chi connectivity index (χ0v) is 37.4. The molecule has 66 heavy (non-hydrogen) atoms. The maximum atomic E-state index is 5.23. The lowest BCUT2D eigenvalue weighted by atomic mass is 9.73. The van der Waals surface area contributed by atoms with E-state index in [4.69, 9.17) is 13.0 Å². The molecular formula is C62H50N4. The Balaban J connectivity index is 0.000000377. The lowest BCUT2D eigenvalue weighted by Gasteiger charge is -2.54. The van der Waals surface area contributed by atoms with Crippen molar-refractivity contribution in [3.8, 4) is 12.3 Å². The summed E-state index contributed by atoms with van der Waals surface area (Å²) >= 11 is 0. The summed E-state index contributed by atoms with van der Waals surface area (Å²) in [4.78, 5) is 4.80. The highest BCUT2D eigenvalue weighted by molar-refractivity contribution is 6.17. The molecule has 0 bridgehead atoms. The monoisotopic (exact) mass is 850 g/mol. The largest absolute Gasteiger partial charge is 0.327 e. The quantitative estimate of drug-likeness (QED) is 0.160. The third-order valence-corrected chi connectivity index (χ3v) is 12.9. The topological polar surface area (TPSA) is 16.3 Å². The van der Waals surface area contributed by atoms with Crippen LogP contribution in [0.4, 0.5) is 22.7 Å². The fourth-order valence-corrected chi connectivity index (χ4v) is 10.1. The van der Waals surface area contributed by atoms with Gasteiger partial charge in [0.05, 0.1) is 33.3 Å². The summed E-state index contributed by atoms with van der Waals surface area (Å²) in [6, 6.07) is 55.8. The Morgan fingerprint density at radius 3 is 2.05 bits per heavy atom. The van der Waals surface area contributed by atoms with Crippen LogP contribution in [0.3, 0.4) is 0 Å². The van der Waals surface area contributed by atoms with Crippen LogP contribution >= 0.6 is 0 Å². The molecule has 4 heteroatoms. The molecule has 9 aromatic rings. The number of hydrogen-bond donors (Lipinski definition) is 0. The molecule has 0 radical (unpaired) electrons. The molecule has 0 fully saturated rings. The molecule has 0 saturated heterocycles. The van der Waals surface area contributed by atoms with Gasteiger partial charge in [0.25, 0.3) is 0 Å². The Morgan fingerprint density at radius 2 is 1.35 bits per heavy atom. The molecule has 1 atom stereocenters. The highest BCUT2D eigenvalue weighted by Crippen LogP contribution is 2.56. The predicted molar refractivity (Wildman–Crippen MR) is 285 cm³/mol. The van der Waals surface area contributed by atoms with Crippen molar-refractivity contribution in [1.29, 1.82) is 0 Å². The smallest absolute Gasteiger partial charge is 0.0943 e. The highest BCUT2D eigenvalue weighted by atomic mass is 15.3. The molecule has 12 rings (SSSR count). The van der Waals surface area contributed by atoms with Crippen molar-refractivity contribution in [3.05, 3.63) is 242 Å². The van der Waals surface area contributed by atoms with E-state index in [9.17, 15) is 0 Å². The minimum atomic E-state index is -0.185. The molecule has 1 aliphatic carbocycles. The van der Waals surface area contributed by atoms with Crippen molar-refractivity contribution in [3.63, 3.8) is 0 Å². The first-order chi connectivity index (χ1) is 32.5. The predicted octanol–water partition coefficient (Wildman–Crippen LogP) is 16.4. The van der Waals surface area contributed by atoms with E-state index in [-0.39, 0.29) is 5.54 Å². The van der Waals surface area contributed by atoms with Crippen LogP contribution in [0.2, 0.25) is 0 Å². The molecule has 7 aromatic carbocycles. The van der Waals surface area contributed by atoms with E-state index >= 15 is 0 Å². The Labute approximate surface area is 387 Å². The highest BCUT2D eigenvalue weighted by Gasteiger charge is 2.48. The molecule has 4 nitrogen and oxygen atoms in total. The van der Waals surface area contributed by atoms with E-state index < -0.39 is 0 Å². The van der Waals surface area contributed by atoms with Crippen molar-refractivity contribution < 1.29 is 0 Å².